The van der Waals surface area contributed by atoms with Gasteiger partial charge in [-0.3, -0.25) is 4.79 Å². The summed E-state index contributed by atoms with van der Waals surface area (Å²) in [6.07, 6.45) is 0.393. The van der Waals surface area contributed by atoms with Crippen LogP contribution in [0.3, 0.4) is 0 Å². The number of aliphatic carboxylic acids is 1. The second kappa shape index (κ2) is 8.97. The minimum absolute atomic E-state index is 0.108. The molecule has 148 valence electrons. The number of nitrogens with zero attached hydrogens (tertiary/aromatic N) is 2. The molecule has 0 spiro atoms. The van der Waals surface area contributed by atoms with E-state index in [4.69, 9.17) is 21.4 Å². The van der Waals surface area contributed by atoms with E-state index in [1.807, 2.05) is 36.1 Å². The van der Waals surface area contributed by atoms with Gasteiger partial charge in [-0.15, -0.1) is 0 Å². The summed E-state index contributed by atoms with van der Waals surface area (Å²) >= 11 is 6.12. The molecule has 1 saturated heterocycles. The third-order valence-corrected chi connectivity index (χ3v) is 4.96. The first kappa shape index (κ1) is 20.0. The normalized spacial score (nSPS) is 14.1. The molecule has 0 aliphatic carbocycles. The van der Waals surface area contributed by atoms with E-state index in [2.05, 4.69) is 4.90 Å². The first-order valence-corrected chi connectivity index (χ1v) is 9.52. The van der Waals surface area contributed by atoms with Crippen LogP contribution in [0.5, 0.6) is 5.75 Å². The Kier molecular flexibility index (Phi) is 6.41. The number of amides is 1. The van der Waals surface area contributed by atoms with Crippen molar-refractivity contribution in [2.45, 2.75) is 13.3 Å². The number of carbonyl (C=O) groups is 2. The van der Waals surface area contributed by atoms with E-state index in [9.17, 15) is 9.59 Å². The van der Waals surface area contributed by atoms with Crippen molar-refractivity contribution in [2.75, 3.05) is 37.7 Å². The fraction of sp³-hybridized carbons (Fsp3) is 0.333. The fourth-order valence-electron chi connectivity index (χ4n) is 3.19. The second-order valence-electron chi connectivity index (χ2n) is 6.82. The highest BCUT2D eigenvalue weighted by Gasteiger charge is 2.23. The van der Waals surface area contributed by atoms with Crippen LogP contribution >= 0.6 is 11.6 Å². The molecule has 3 rings (SSSR count). The van der Waals surface area contributed by atoms with Gasteiger partial charge in [-0.2, -0.15) is 0 Å². The number of ether oxygens (including phenoxy) is 1. The molecule has 0 unspecified atom stereocenters. The third-order valence-electron chi connectivity index (χ3n) is 4.72. The van der Waals surface area contributed by atoms with E-state index in [-0.39, 0.29) is 5.91 Å². The van der Waals surface area contributed by atoms with E-state index < -0.39 is 12.6 Å². The van der Waals surface area contributed by atoms with E-state index in [1.54, 1.807) is 18.2 Å². The maximum Gasteiger partial charge on any atom is 0.341 e. The van der Waals surface area contributed by atoms with Gasteiger partial charge in [0, 0.05) is 31.2 Å². The number of hydrogen-bond donors (Lipinski definition) is 1. The standard InChI is InChI=1S/C21H23ClN2O4/c1-15-2-4-16(5-3-15)12-20(25)24-10-8-23(9-11-24)18-13-17(22)6-7-19(18)28-14-21(26)27/h2-7,13H,8-12,14H2,1H3,(H,26,27). The van der Waals surface area contributed by atoms with Crippen LogP contribution in [0.15, 0.2) is 42.5 Å². The van der Waals surface area contributed by atoms with Crippen molar-refractivity contribution in [1.82, 2.24) is 4.90 Å². The lowest BCUT2D eigenvalue weighted by atomic mass is 10.1. The molecule has 7 heteroatoms. The van der Waals surface area contributed by atoms with Crippen LogP contribution < -0.4 is 9.64 Å². The highest BCUT2D eigenvalue weighted by atomic mass is 35.5. The van der Waals surface area contributed by atoms with Crippen LogP contribution in [0.2, 0.25) is 5.02 Å². The molecule has 0 bridgehead atoms. The van der Waals surface area contributed by atoms with Crippen LogP contribution in [0, 0.1) is 6.92 Å². The topological polar surface area (TPSA) is 70.1 Å². The zero-order valence-corrected chi connectivity index (χ0v) is 16.5. The smallest absolute Gasteiger partial charge is 0.341 e. The number of carboxylic acids is 1. The number of anilines is 1. The molecule has 0 saturated carbocycles. The Morgan fingerprint density at radius 1 is 1.07 bits per heavy atom. The van der Waals surface area contributed by atoms with Crippen molar-refractivity contribution in [3.63, 3.8) is 0 Å². The second-order valence-corrected chi connectivity index (χ2v) is 7.26. The molecule has 2 aromatic rings. The van der Waals surface area contributed by atoms with E-state index in [0.29, 0.717) is 43.4 Å². The van der Waals surface area contributed by atoms with Gasteiger partial charge in [0.25, 0.3) is 0 Å². The lowest BCUT2D eigenvalue weighted by Gasteiger charge is -2.36. The molecule has 1 aliphatic heterocycles. The maximum atomic E-state index is 12.6. The first-order chi connectivity index (χ1) is 13.4. The summed E-state index contributed by atoms with van der Waals surface area (Å²) in [4.78, 5) is 27.3. The molecule has 1 amide bonds. The van der Waals surface area contributed by atoms with E-state index in [0.717, 1.165) is 11.3 Å². The van der Waals surface area contributed by atoms with Crippen molar-refractivity contribution < 1.29 is 19.4 Å². The van der Waals surface area contributed by atoms with E-state index >= 15 is 0 Å². The summed E-state index contributed by atoms with van der Waals surface area (Å²) in [5.74, 6) is -0.449. The molecule has 1 fully saturated rings. The third kappa shape index (κ3) is 5.16. The van der Waals surface area contributed by atoms with Crippen molar-refractivity contribution in [1.29, 1.82) is 0 Å². The number of carbonyl (C=O) groups excluding carboxylic acids is 1. The van der Waals surface area contributed by atoms with Gasteiger partial charge in [-0.25, -0.2) is 4.79 Å². The predicted molar refractivity (Wildman–Crippen MR) is 108 cm³/mol. The lowest BCUT2D eigenvalue weighted by Crippen LogP contribution is -2.49. The zero-order valence-electron chi connectivity index (χ0n) is 15.7. The molecule has 1 heterocycles. The molecule has 6 nitrogen and oxygen atoms in total. The summed E-state index contributed by atoms with van der Waals surface area (Å²) in [5.41, 5.74) is 2.93. The number of rotatable bonds is 6. The van der Waals surface area contributed by atoms with Crippen LogP contribution in [-0.4, -0.2) is 54.7 Å². The van der Waals surface area contributed by atoms with Crippen molar-refractivity contribution in [2.24, 2.45) is 0 Å². The van der Waals surface area contributed by atoms with Crippen LogP contribution in [0.1, 0.15) is 11.1 Å². The summed E-state index contributed by atoms with van der Waals surface area (Å²) in [7, 11) is 0. The molecule has 1 aliphatic rings. The number of hydrogen-bond acceptors (Lipinski definition) is 4. The molecular weight excluding hydrogens is 380 g/mol. The largest absolute Gasteiger partial charge is 0.480 e. The van der Waals surface area contributed by atoms with E-state index in [1.165, 1.54) is 5.56 Å². The Balaban J connectivity index is 1.61. The number of benzene rings is 2. The average molecular weight is 403 g/mol. The van der Waals surface area contributed by atoms with Crippen molar-refractivity contribution in [3.05, 3.63) is 58.6 Å². The van der Waals surface area contributed by atoms with Gasteiger partial charge >= 0.3 is 5.97 Å². The minimum Gasteiger partial charge on any atom is -0.480 e. The van der Waals surface area contributed by atoms with Gasteiger partial charge in [0.05, 0.1) is 12.1 Å². The van der Waals surface area contributed by atoms with Gasteiger partial charge in [0.1, 0.15) is 5.75 Å². The zero-order chi connectivity index (χ0) is 20.1. The summed E-state index contributed by atoms with van der Waals surface area (Å²) in [6, 6.07) is 13.1. The molecule has 1 N–H and O–H groups in total. The minimum atomic E-state index is -1.03. The van der Waals surface area contributed by atoms with Crippen molar-refractivity contribution >= 4 is 29.2 Å². The Hall–Kier alpha value is -2.73. The van der Waals surface area contributed by atoms with Crippen molar-refractivity contribution in [3.8, 4) is 5.75 Å². The van der Waals surface area contributed by atoms with Crippen LogP contribution in [0.25, 0.3) is 0 Å². The molecule has 0 radical (unpaired) electrons. The van der Waals surface area contributed by atoms with Gasteiger partial charge in [-0.05, 0) is 30.7 Å². The molecule has 28 heavy (non-hydrogen) atoms. The summed E-state index contributed by atoms with van der Waals surface area (Å²) in [5, 5.41) is 9.41. The molecule has 0 atom stereocenters. The SMILES string of the molecule is Cc1ccc(CC(=O)N2CCN(c3cc(Cl)ccc3OCC(=O)O)CC2)cc1. The van der Waals surface area contributed by atoms with Crippen LogP contribution in [0.4, 0.5) is 5.69 Å². The predicted octanol–water partition coefficient (Wildman–Crippen LogP) is 3.00. The quantitative estimate of drug-likeness (QED) is 0.804. The van der Waals surface area contributed by atoms with Gasteiger partial charge < -0.3 is 19.6 Å². The highest BCUT2D eigenvalue weighted by molar-refractivity contribution is 6.30. The summed E-state index contributed by atoms with van der Waals surface area (Å²) in [6.45, 7) is 4.05. The Morgan fingerprint density at radius 2 is 1.75 bits per heavy atom. The molecule has 2 aromatic carbocycles. The number of carboxylic acid groups (broad SMARTS) is 1. The lowest BCUT2D eigenvalue weighted by molar-refractivity contribution is -0.139. The Morgan fingerprint density at radius 3 is 2.39 bits per heavy atom. The number of piperazine rings is 1. The van der Waals surface area contributed by atoms with Crippen LogP contribution in [-0.2, 0) is 16.0 Å². The Labute approximate surface area is 169 Å². The fourth-order valence-corrected chi connectivity index (χ4v) is 3.35. The highest BCUT2D eigenvalue weighted by Crippen LogP contribution is 2.32. The van der Waals surface area contributed by atoms with Gasteiger partial charge in [-0.1, -0.05) is 41.4 Å². The number of aryl methyl sites for hydroxylation is 1. The first-order valence-electron chi connectivity index (χ1n) is 9.15. The Bertz CT molecular complexity index is 846. The average Bonchev–Trinajstić information content (AvgIpc) is 2.68. The maximum absolute atomic E-state index is 12.6. The molecule has 0 aromatic heterocycles. The van der Waals surface area contributed by atoms with Gasteiger partial charge in [0.15, 0.2) is 6.61 Å². The molecular formula is C21H23ClN2O4. The monoisotopic (exact) mass is 402 g/mol. The summed E-state index contributed by atoms with van der Waals surface area (Å²) < 4.78 is 5.39. The van der Waals surface area contributed by atoms with Gasteiger partial charge in [0.2, 0.25) is 5.91 Å². The number of halogens is 1.